The second kappa shape index (κ2) is 6.17. The Morgan fingerprint density at radius 3 is 2.76 bits per heavy atom. The van der Waals surface area contributed by atoms with Crippen molar-refractivity contribution in [3.05, 3.63) is 40.1 Å². The van der Waals surface area contributed by atoms with Crippen LogP contribution in [0.3, 0.4) is 0 Å². The second-order valence-corrected chi connectivity index (χ2v) is 7.32. The van der Waals surface area contributed by atoms with Gasteiger partial charge in [0.05, 0.1) is 4.90 Å². The van der Waals surface area contributed by atoms with E-state index in [0.29, 0.717) is 28.7 Å². The van der Waals surface area contributed by atoms with Gasteiger partial charge in [0.25, 0.3) is 0 Å². The molecule has 0 saturated heterocycles. The maximum Gasteiger partial charge on any atom is 0.240 e. The van der Waals surface area contributed by atoms with Crippen LogP contribution in [0.4, 0.5) is 5.69 Å². The standard InChI is InChI=1S/C13H17BrN4O2S/c1-9-7-11(14)12(15)8-13(9)21(19,20)17-6-4-10-3-5-16-18(10)2/h3,5,7-8,17H,4,6,15H2,1-2H3. The normalized spacial score (nSPS) is 11.8. The van der Waals surface area contributed by atoms with E-state index in [2.05, 4.69) is 25.8 Å². The quantitative estimate of drug-likeness (QED) is 0.779. The van der Waals surface area contributed by atoms with E-state index in [0.717, 1.165) is 5.69 Å². The molecule has 0 atom stereocenters. The summed E-state index contributed by atoms with van der Waals surface area (Å²) in [5, 5.41) is 4.04. The van der Waals surface area contributed by atoms with Gasteiger partial charge in [0.15, 0.2) is 0 Å². The predicted molar refractivity (Wildman–Crippen MR) is 85.4 cm³/mol. The van der Waals surface area contributed by atoms with Crippen LogP contribution in [0.1, 0.15) is 11.3 Å². The fourth-order valence-corrected chi connectivity index (χ4v) is 3.74. The molecule has 2 rings (SSSR count). The van der Waals surface area contributed by atoms with Gasteiger partial charge in [0, 0.05) is 42.1 Å². The number of nitrogens with zero attached hydrogens (tertiary/aromatic N) is 2. The molecule has 21 heavy (non-hydrogen) atoms. The largest absolute Gasteiger partial charge is 0.398 e. The van der Waals surface area contributed by atoms with Crippen molar-refractivity contribution in [2.45, 2.75) is 18.2 Å². The van der Waals surface area contributed by atoms with Gasteiger partial charge in [-0.05, 0) is 46.6 Å². The summed E-state index contributed by atoms with van der Waals surface area (Å²) < 4.78 is 29.6. The number of hydrogen-bond acceptors (Lipinski definition) is 4. The van der Waals surface area contributed by atoms with Crippen molar-refractivity contribution in [3.63, 3.8) is 0 Å². The summed E-state index contributed by atoms with van der Waals surface area (Å²) in [6.07, 6.45) is 2.25. The molecule has 1 aromatic heterocycles. The van der Waals surface area contributed by atoms with Crippen LogP contribution in [-0.4, -0.2) is 24.7 Å². The minimum Gasteiger partial charge on any atom is -0.398 e. The molecule has 0 saturated carbocycles. The number of nitrogens with one attached hydrogen (secondary N) is 1. The van der Waals surface area contributed by atoms with Gasteiger partial charge in [0.2, 0.25) is 10.0 Å². The third-order valence-electron chi connectivity index (χ3n) is 3.18. The first kappa shape index (κ1) is 16.0. The van der Waals surface area contributed by atoms with Gasteiger partial charge in [-0.2, -0.15) is 5.10 Å². The molecule has 1 heterocycles. The van der Waals surface area contributed by atoms with Crippen molar-refractivity contribution in [2.75, 3.05) is 12.3 Å². The first-order valence-corrected chi connectivity index (χ1v) is 8.61. The molecule has 0 aliphatic rings. The summed E-state index contributed by atoms with van der Waals surface area (Å²) in [5.74, 6) is 0. The summed E-state index contributed by atoms with van der Waals surface area (Å²) >= 11 is 3.28. The third kappa shape index (κ3) is 3.63. The highest BCUT2D eigenvalue weighted by Crippen LogP contribution is 2.26. The van der Waals surface area contributed by atoms with Crippen molar-refractivity contribution in [1.29, 1.82) is 0 Å². The van der Waals surface area contributed by atoms with Crippen molar-refractivity contribution in [1.82, 2.24) is 14.5 Å². The number of aryl methyl sites for hydroxylation is 2. The van der Waals surface area contributed by atoms with Crippen LogP contribution in [0.5, 0.6) is 0 Å². The average Bonchev–Trinajstić information content (AvgIpc) is 2.79. The zero-order valence-corrected chi connectivity index (χ0v) is 14.2. The molecule has 0 aliphatic heterocycles. The molecule has 1 aromatic carbocycles. The van der Waals surface area contributed by atoms with E-state index >= 15 is 0 Å². The highest BCUT2D eigenvalue weighted by molar-refractivity contribution is 9.10. The van der Waals surface area contributed by atoms with Crippen LogP contribution < -0.4 is 10.5 Å². The smallest absolute Gasteiger partial charge is 0.240 e. The number of rotatable bonds is 5. The zero-order valence-electron chi connectivity index (χ0n) is 11.8. The summed E-state index contributed by atoms with van der Waals surface area (Å²) in [4.78, 5) is 0.202. The van der Waals surface area contributed by atoms with Gasteiger partial charge in [-0.1, -0.05) is 0 Å². The molecule has 114 valence electrons. The first-order chi connectivity index (χ1) is 9.81. The van der Waals surface area contributed by atoms with Gasteiger partial charge in [0.1, 0.15) is 0 Å². The fourth-order valence-electron chi connectivity index (χ4n) is 2.00. The number of sulfonamides is 1. The lowest BCUT2D eigenvalue weighted by atomic mass is 10.2. The summed E-state index contributed by atoms with van der Waals surface area (Å²) in [6, 6.07) is 5.02. The zero-order chi connectivity index (χ0) is 15.6. The lowest BCUT2D eigenvalue weighted by molar-refractivity contribution is 0.579. The van der Waals surface area contributed by atoms with Gasteiger partial charge in [-0.25, -0.2) is 13.1 Å². The molecule has 0 spiro atoms. The topological polar surface area (TPSA) is 90.0 Å². The van der Waals surface area contributed by atoms with Gasteiger partial charge in [-0.15, -0.1) is 0 Å². The number of nitrogens with two attached hydrogens (primary N) is 1. The van der Waals surface area contributed by atoms with E-state index in [9.17, 15) is 8.42 Å². The predicted octanol–water partition coefficient (Wildman–Crippen LogP) is 1.59. The number of nitrogen functional groups attached to an aromatic ring is 1. The number of aromatic nitrogens is 2. The van der Waals surface area contributed by atoms with Crippen LogP contribution in [-0.2, 0) is 23.5 Å². The van der Waals surface area contributed by atoms with Crippen molar-refractivity contribution in [2.24, 2.45) is 7.05 Å². The lowest BCUT2D eigenvalue weighted by Crippen LogP contribution is -2.27. The molecule has 0 amide bonds. The SMILES string of the molecule is Cc1cc(Br)c(N)cc1S(=O)(=O)NCCc1ccnn1C. The second-order valence-electron chi connectivity index (χ2n) is 4.73. The van der Waals surface area contributed by atoms with Gasteiger partial charge in [-0.3, -0.25) is 4.68 Å². The maximum atomic E-state index is 12.3. The number of halogens is 1. The van der Waals surface area contributed by atoms with E-state index in [1.807, 2.05) is 13.1 Å². The Hall–Kier alpha value is -1.38. The molecule has 6 nitrogen and oxygen atoms in total. The van der Waals surface area contributed by atoms with Crippen molar-refractivity contribution < 1.29 is 8.42 Å². The Morgan fingerprint density at radius 1 is 1.43 bits per heavy atom. The van der Waals surface area contributed by atoms with Gasteiger partial charge < -0.3 is 5.73 Å². The molecule has 0 fully saturated rings. The third-order valence-corrected chi connectivity index (χ3v) is 5.47. The average molecular weight is 373 g/mol. The highest BCUT2D eigenvalue weighted by Gasteiger charge is 2.18. The molecule has 0 unspecified atom stereocenters. The number of benzene rings is 1. The Bertz CT molecular complexity index is 756. The number of anilines is 1. The Kier molecular flexibility index (Phi) is 4.70. The first-order valence-electron chi connectivity index (χ1n) is 6.33. The van der Waals surface area contributed by atoms with Crippen LogP contribution in [0, 0.1) is 6.92 Å². The highest BCUT2D eigenvalue weighted by atomic mass is 79.9. The fraction of sp³-hybridized carbons (Fsp3) is 0.308. The Balaban J connectivity index is 2.12. The van der Waals surface area contributed by atoms with Crippen LogP contribution >= 0.6 is 15.9 Å². The van der Waals surface area contributed by atoms with E-state index < -0.39 is 10.0 Å². The Labute approximate surface area is 132 Å². The number of hydrogen-bond donors (Lipinski definition) is 2. The molecule has 8 heteroatoms. The van der Waals surface area contributed by atoms with Crippen LogP contribution in [0.25, 0.3) is 0 Å². The molecule has 3 N–H and O–H groups in total. The summed E-state index contributed by atoms with van der Waals surface area (Å²) in [6.45, 7) is 2.04. The maximum absolute atomic E-state index is 12.3. The van der Waals surface area contributed by atoms with E-state index in [-0.39, 0.29) is 4.90 Å². The summed E-state index contributed by atoms with van der Waals surface area (Å²) in [5.41, 5.74) is 7.76. The summed E-state index contributed by atoms with van der Waals surface area (Å²) in [7, 11) is -1.75. The lowest BCUT2D eigenvalue weighted by Gasteiger charge is -2.11. The molecule has 0 radical (unpaired) electrons. The van der Waals surface area contributed by atoms with Crippen LogP contribution in [0.2, 0.25) is 0 Å². The van der Waals surface area contributed by atoms with Crippen LogP contribution in [0.15, 0.2) is 33.8 Å². The minimum absolute atomic E-state index is 0.202. The minimum atomic E-state index is -3.58. The molecule has 0 bridgehead atoms. The van der Waals surface area contributed by atoms with E-state index in [1.165, 1.54) is 6.07 Å². The van der Waals surface area contributed by atoms with Gasteiger partial charge >= 0.3 is 0 Å². The van der Waals surface area contributed by atoms with Crippen molar-refractivity contribution in [3.8, 4) is 0 Å². The molecular formula is C13H17BrN4O2S. The molecule has 2 aromatic rings. The van der Waals surface area contributed by atoms with Crippen molar-refractivity contribution >= 4 is 31.6 Å². The Morgan fingerprint density at radius 2 is 2.14 bits per heavy atom. The van der Waals surface area contributed by atoms with E-state index in [4.69, 9.17) is 5.73 Å². The molecule has 0 aliphatic carbocycles. The van der Waals surface area contributed by atoms with E-state index in [1.54, 1.807) is 23.9 Å². The monoisotopic (exact) mass is 372 g/mol. The molecular weight excluding hydrogens is 356 g/mol.